The van der Waals surface area contributed by atoms with E-state index in [0.717, 1.165) is 24.4 Å². The SMILES string of the molecule is CCNC(Cc1cccnc1N)c1ncc[nH]1. The Morgan fingerprint density at radius 1 is 1.41 bits per heavy atom. The lowest BCUT2D eigenvalue weighted by molar-refractivity contribution is 0.526. The van der Waals surface area contributed by atoms with Gasteiger partial charge in [-0.2, -0.15) is 0 Å². The number of hydrogen-bond donors (Lipinski definition) is 3. The summed E-state index contributed by atoms with van der Waals surface area (Å²) >= 11 is 0. The van der Waals surface area contributed by atoms with E-state index >= 15 is 0 Å². The van der Waals surface area contributed by atoms with Crippen LogP contribution in [-0.2, 0) is 6.42 Å². The topological polar surface area (TPSA) is 79.6 Å². The maximum Gasteiger partial charge on any atom is 0.126 e. The Balaban J connectivity index is 2.16. The summed E-state index contributed by atoms with van der Waals surface area (Å²) < 4.78 is 0. The van der Waals surface area contributed by atoms with Crippen LogP contribution in [-0.4, -0.2) is 21.5 Å². The number of aromatic nitrogens is 3. The molecule has 0 fully saturated rings. The van der Waals surface area contributed by atoms with Gasteiger partial charge >= 0.3 is 0 Å². The monoisotopic (exact) mass is 231 g/mol. The molecule has 1 atom stereocenters. The number of nitrogens with two attached hydrogens (primary N) is 1. The van der Waals surface area contributed by atoms with Gasteiger partial charge in [-0.05, 0) is 24.6 Å². The van der Waals surface area contributed by atoms with Gasteiger partial charge in [0.25, 0.3) is 0 Å². The Kier molecular flexibility index (Phi) is 3.72. The van der Waals surface area contributed by atoms with Crippen molar-refractivity contribution in [2.75, 3.05) is 12.3 Å². The predicted octanol–water partition coefficient (Wildman–Crippen LogP) is 1.28. The number of likely N-dealkylation sites (N-methyl/N-ethyl adjacent to an activating group) is 1. The Morgan fingerprint density at radius 2 is 2.29 bits per heavy atom. The third-order valence-corrected chi connectivity index (χ3v) is 2.65. The summed E-state index contributed by atoms with van der Waals surface area (Å²) in [4.78, 5) is 11.5. The van der Waals surface area contributed by atoms with E-state index < -0.39 is 0 Å². The number of H-pyrrole nitrogens is 1. The summed E-state index contributed by atoms with van der Waals surface area (Å²) in [5, 5.41) is 3.38. The van der Waals surface area contributed by atoms with Gasteiger partial charge in [-0.1, -0.05) is 13.0 Å². The van der Waals surface area contributed by atoms with Gasteiger partial charge in [0, 0.05) is 18.6 Å². The molecule has 1 unspecified atom stereocenters. The molecule has 0 aromatic carbocycles. The van der Waals surface area contributed by atoms with Crippen molar-refractivity contribution >= 4 is 5.82 Å². The van der Waals surface area contributed by atoms with Gasteiger partial charge in [0.2, 0.25) is 0 Å². The van der Waals surface area contributed by atoms with E-state index in [0.29, 0.717) is 5.82 Å². The molecule has 0 radical (unpaired) electrons. The molecule has 90 valence electrons. The van der Waals surface area contributed by atoms with Crippen LogP contribution in [0.1, 0.15) is 24.4 Å². The minimum Gasteiger partial charge on any atom is -0.383 e. The van der Waals surface area contributed by atoms with Crippen LogP contribution in [0.3, 0.4) is 0 Å². The van der Waals surface area contributed by atoms with Gasteiger partial charge in [-0.25, -0.2) is 9.97 Å². The highest BCUT2D eigenvalue weighted by atomic mass is 15.0. The molecule has 5 heteroatoms. The second-order valence-corrected chi connectivity index (χ2v) is 3.84. The van der Waals surface area contributed by atoms with Crippen LogP contribution in [0.2, 0.25) is 0 Å². The third kappa shape index (κ3) is 2.82. The zero-order valence-electron chi connectivity index (χ0n) is 9.85. The molecule has 0 amide bonds. The fraction of sp³-hybridized carbons (Fsp3) is 0.333. The first kappa shape index (κ1) is 11.6. The van der Waals surface area contributed by atoms with E-state index in [1.807, 2.05) is 18.3 Å². The number of nitrogen functional groups attached to an aromatic ring is 1. The lowest BCUT2D eigenvalue weighted by Gasteiger charge is -2.16. The predicted molar refractivity (Wildman–Crippen MR) is 67.4 cm³/mol. The summed E-state index contributed by atoms with van der Waals surface area (Å²) in [5.74, 6) is 1.51. The molecule has 2 aromatic heterocycles. The fourth-order valence-corrected chi connectivity index (χ4v) is 1.82. The minimum absolute atomic E-state index is 0.140. The highest BCUT2D eigenvalue weighted by Crippen LogP contribution is 2.17. The largest absolute Gasteiger partial charge is 0.383 e. The highest BCUT2D eigenvalue weighted by Gasteiger charge is 2.14. The van der Waals surface area contributed by atoms with Crippen molar-refractivity contribution in [2.45, 2.75) is 19.4 Å². The lowest BCUT2D eigenvalue weighted by Crippen LogP contribution is -2.24. The number of pyridine rings is 1. The van der Waals surface area contributed by atoms with Crippen LogP contribution in [0.5, 0.6) is 0 Å². The van der Waals surface area contributed by atoms with Crippen molar-refractivity contribution in [1.29, 1.82) is 0 Å². The van der Waals surface area contributed by atoms with Gasteiger partial charge in [-0.15, -0.1) is 0 Å². The van der Waals surface area contributed by atoms with E-state index in [9.17, 15) is 0 Å². The molecule has 0 bridgehead atoms. The summed E-state index contributed by atoms with van der Waals surface area (Å²) in [5.41, 5.74) is 6.89. The second kappa shape index (κ2) is 5.45. The average molecular weight is 231 g/mol. The number of anilines is 1. The molecule has 0 saturated heterocycles. The quantitative estimate of drug-likeness (QED) is 0.724. The van der Waals surface area contributed by atoms with E-state index in [4.69, 9.17) is 5.73 Å². The maximum absolute atomic E-state index is 5.85. The molecule has 0 aliphatic carbocycles. The van der Waals surface area contributed by atoms with Crippen LogP contribution >= 0.6 is 0 Å². The Morgan fingerprint density at radius 3 is 2.94 bits per heavy atom. The summed E-state index contributed by atoms with van der Waals surface area (Å²) in [6, 6.07) is 4.04. The summed E-state index contributed by atoms with van der Waals surface area (Å²) in [6.07, 6.45) is 6.06. The van der Waals surface area contributed by atoms with E-state index in [-0.39, 0.29) is 6.04 Å². The number of hydrogen-bond acceptors (Lipinski definition) is 4. The number of aromatic amines is 1. The van der Waals surface area contributed by atoms with E-state index in [1.54, 1.807) is 12.4 Å². The normalized spacial score (nSPS) is 12.5. The fourth-order valence-electron chi connectivity index (χ4n) is 1.82. The number of rotatable bonds is 5. The van der Waals surface area contributed by atoms with Crippen LogP contribution in [0.4, 0.5) is 5.82 Å². The van der Waals surface area contributed by atoms with Gasteiger partial charge in [-0.3, -0.25) is 0 Å². The molecule has 2 heterocycles. The zero-order chi connectivity index (χ0) is 12.1. The molecular weight excluding hydrogens is 214 g/mol. The van der Waals surface area contributed by atoms with Crippen molar-refractivity contribution < 1.29 is 0 Å². The van der Waals surface area contributed by atoms with Crippen LogP contribution < -0.4 is 11.1 Å². The smallest absolute Gasteiger partial charge is 0.126 e. The molecule has 2 aromatic rings. The lowest BCUT2D eigenvalue weighted by atomic mass is 10.1. The highest BCUT2D eigenvalue weighted by molar-refractivity contribution is 5.39. The van der Waals surface area contributed by atoms with Gasteiger partial charge in [0.1, 0.15) is 11.6 Å². The number of nitrogens with zero attached hydrogens (tertiary/aromatic N) is 2. The molecule has 4 N–H and O–H groups in total. The average Bonchev–Trinajstić information content (AvgIpc) is 2.85. The van der Waals surface area contributed by atoms with Crippen LogP contribution in [0, 0.1) is 0 Å². The molecule has 0 spiro atoms. The Bertz CT molecular complexity index is 452. The first-order valence-electron chi connectivity index (χ1n) is 5.73. The first-order chi connectivity index (χ1) is 8.31. The molecule has 17 heavy (non-hydrogen) atoms. The Labute approximate surface area is 100 Å². The molecule has 5 nitrogen and oxygen atoms in total. The number of imidazole rings is 1. The second-order valence-electron chi connectivity index (χ2n) is 3.84. The van der Waals surface area contributed by atoms with Gasteiger partial charge < -0.3 is 16.0 Å². The van der Waals surface area contributed by atoms with Crippen molar-refractivity contribution in [3.63, 3.8) is 0 Å². The molecule has 0 aliphatic rings. The van der Waals surface area contributed by atoms with Crippen LogP contribution in [0.25, 0.3) is 0 Å². The Hall–Kier alpha value is -1.88. The van der Waals surface area contributed by atoms with Crippen molar-refractivity contribution in [3.05, 3.63) is 42.1 Å². The molecular formula is C12H17N5. The van der Waals surface area contributed by atoms with Crippen molar-refractivity contribution in [3.8, 4) is 0 Å². The zero-order valence-corrected chi connectivity index (χ0v) is 9.85. The van der Waals surface area contributed by atoms with Gasteiger partial charge in [0.15, 0.2) is 0 Å². The van der Waals surface area contributed by atoms with E-state index in [2.05, 4.69) is 27.2 Å². The first-order valence-corrected chi connectivity index (χ1v) is 5.73. The third-order valence-electron chi connectivity index (χ3n) is 2.65. The molecule has 2 rings (SSSR count). The molecule has 0 saturated carbocycles. The standard InChI is InChI=1S/C12H17N5/c1-2-14-10(12-16-6-7-17-12)8-9-4-3-5-15-11(9)13/h3-7,10,14H,2,8H2,1H3,(H2,13,15)(H,16,17). The number of nitrogens with one attached hydrogen (secondary N) is 2. The summed E-state index contributed by atoms with van der Waals surface area (Å²) in [6.45, 7) is 2.95. The van der Waals surface area contributed by atoms with E-state index in [1.165, 1.54) is 0 Å². The maximum atomic E-state index is 5.85. The summed E-state index contributed by atoms with van der Waals surface area (Å²) in [7, 11) is 0. The van der Waals surface area contributed by atoms with Crippen molar-refractivity contribution in [2.24, 2.45) is 0 Å². The van der Waals surface area contributed by atoms with Gasteiger partial charge in [0.05, 0.1) is 6.04 Å². The molecule has 0 aliphatic heterocycles. The minimum atomic E-state index is 0.140. The van der Waals surface area contributed by atoms with Crippen LogP contribution in [0.15, 0.2) is 30.7 Å². The van der Waals surface area contributed by atoms with Crippen molar-refractivity contribution in [1.82, 2.24) is 20.3 Å².